The van der Waals surface area contributed by atoms with Gasteiger partial charge in [0.1, 0.15) is 5.76 Å². The molecule has 0 aliphatic rings. The predicted octanol–water partition coefficient (Wildman–Crippen LogP) is 1.46. The van der Waals surface area contributed by atoms with Gasteiger partial charge in [-0.1, -0.05) is 5.16 Å². The number of benzene rings is 1. The number of nitrogens with two attached hydrogens (primary N) is 2. The highest BCUT2D eigenvalue weighted by atomic mass is 32.2. The fourth-order valence-electron chi connectivity index (χ4n) is 1.55. The summed E-state index contributed by atoms with van der Waals surface area (Å²) in [6.07, 6.45) is 0. The van der Waals surface area contributed by atoms with Crippen LogP contribution < -0.4 is 17.0 Å². The summed E-state index contributed by atoms with van der Waals surface area (Å²) in [5.41, 5.74) is 9.71. The van der Waals surface area contributed by atoms with Crippen LogP contribution in [0.2, 0.25) is 0 Å². The standard InChI is InChI=1S/C12H14N4O2S/c1-7-4-8(13)2-3-11(7)19-6-9-5-10(16-18-9)12(17)15-14/h2-5H,6,13-14H2,1H3,(H,15,17). The molecular weight excluding hydrogens is 264 g/mol. The predicted molar refractivity (Wildman–Crippen MR) is 73.3 cm³/mol. The molecular formula is C12H14N4O2S. The first-order valence-electron chi connectivity index (χ1n) is 5.55. The summed E-state index contributed by atoms with van der Waals surface area (Å²) in [5, 5.41) is 3.64. The number of nitrogens with zero attached hydrogens (tertiary/aromatic N) is 1. The molecule has 1 aromatic heterocycles. The van der Waals surface area contributed by atoms with Gasteiger partial charge in [-0.3, -0.25) is 10.2 Å². The van der Waals surface area contributed by atoms with Crippen LogP contribution in [-0.4, -0.2) is 11.1 Å². The highest BCUT2D eigenvalue weighted by molar-refractivity contribution is 7.98. The first-order chi connectivity index (χ1) is 9.10. The Morgan fingerprint density at radius 2 is 2.26 bits per heavy atom. The zero-order chi connectivity index (χ0) is 13.8. The minimum Gasteiger partial charge on any atom is -0.399 e. The molecule has 0 unspecified atom stereocenters. The number of amides is 1. The second-order valence-electron chi connectivity index (χ2n) is 3.97. The molecule has 0 saturated heterocycles. The van der Waals surface area contributed by atoms with Crippen LogP contribution >= 0.6 is 11.8 Å². The van der Waals surface area contributed by atoms with Crippen molar-refractivity contribution >= 4 is 23.4 Å². The molecule has 19 heavy (non-hydrogen) atoms. The molecule has 1 amide bonds. The van der Waals surface area contributed by atoms with Gasteiger partial charge < -0.3 is 10.3 Å². The summed E-state index contributed by atoms with van der Waals surface area (Å²) in [5.74, 6) is 5.74. The Balaban J connectivity index is 2.02. The van der Waals surface area contributed by atoms with Crippen molar-refractivity contribution in [3.05, 3.63) is 41.3 Å². The average Bonchev–Trinajstić information content (AvgIpc) is 2.85. The third kappa shape index (κ3) is 3.27. The lowest BCUT2D eigenvalue weighted by atomic mass is 10.2. The number of nitrogens with one attached hydrogen (secondary N) is 1. The minimum absolute atomic E-state index is 0.173. The van der Waals surface area contributed by atoms with Gasteiger partial charge in [-0.25, -0.2) is 5.84 Å². The number of aromatic nitrogens is 1. The van der Waals surface area contributed by atoms with E-state index in [0.717, 1.165) is 16.1 Å². The Morgan fingerprint density at radius 1 is 1.47 bits per heavy atom. The molecule has 2 aromatic rings. The van der Waals surface area contributed by atoms with E-state index in [4.69, 9.17) is 16.1 Å². The van der Waals surface area contributed by atoms with Gasteiger partial charge in [0.2, 0.25) is 0 Å². The molecule has 0 radical (unpaired) electrons. The van der Waals surface area contributed by atoms with Crippen LogP contribution in [0.1, 0.15) is 21.8 Å². The number of thioether (sulfide) groups is 1. The molecule has 0 fully saturated rings. The van der Waals surface area contributed by atoms with Crippen molar-refractivity contribution in [1.82, 2.24) is 10.6 Å². The van der Waals surface area contributed by atoms with Crippen LogP contribution in [0.5, 0.6) is 0 Å². The Labute approximate surface area is 114 Å². The number of carbonyl (C=O) groups excluding carboxylic acids is 1. The van der Waals surface area contributed by atoms with Gasteiger partial charge in [-0.05, 0) is 30.7 Å². The van der Waals surface area contributed by atoms with Gasteiger partial charge in [-0.15, -0.1) is 11.8 Å². The van der Waals surface area contributed by atoms with Crippen molar-refractivity contribution in [3.63, 3.8) is 0 Å². The van der Waals surface area contributed by atoms with Gasteiger partial charge in [0.15, 0.2) is 5.69 Å². The summed E-state index contributed by atoms with van der Waals surface area (Å²) < 4.78 is 5.06. The zero-order valence-electron chi connectivity index (χ0n) is 10.3. The maximum atomic E-state index is 11.2. The van der Waals surface area contributed by atoms with E-state index in [-0.39, 0.29) is 5.69 Å². The number of rotatable bonds is 4. The van der Waals surface area contributed by atoms with Crippen molar-refractivity contribution in [2.24, 2.45) is 5.84 Å². The minimum atomic E-state index is -0.469. The van der Waals surface area contributed by atoms with Crippen molar-refractivity contribution in [2.45, 2.75) is 17.6 Å². The number of anilines is 1. The molecule has 1 aromatic carbocycles. The normalized spacial score (nSPS) is 10.4. The maximum absolute atomic E-state index is 11.2. The molecule has 0 spiro atoms. The Hall–Kier alpha value is -1.99. The van der Waals surface area contributed by atoms with Crippen LogP contribution in [0, 0.1) is 6.92 Å². The Kier molecular flexibility index (Phi) is 4.08. The van der Waals surface area contributed by atoms with Crippen LogP contribution in [0.4, 0.5) is 5.69 Å². The SMILES string of the molecule is Cc1cc(N)ccc1SCc1cc(C(=O)NN)no1. The molecule has 0 aliphatic carbocycles. The second kappa shape index (κ2) is 5.77. The van der Waals surface area contributed by atoms with Crippen LogP contribution in [0.25, 0.3) is 0 Å². The molecule has 0 atom stereocenters. The monoisotopic (exact) mass is 278 g/mol. The van der Waals surface area contributed by atoms with Crippen molar-refractivity contribution in [3.8, 4) is 0 Å². The Bertz CT molecular complexity index is 597. The summed E-state index contributed by atoms with van der Waals surface area (Å²) in [6, 6.07) is 7.29. The molecule has 100 valence electrons. The van der Waals surface area contributed by atoms with E-state index < -0.39 is 5.91 Å². The summed E-state index contributed by atoms with van der Waals surface area (Å²) in [6.45, 7) is 1.99. The lowest BCUT2D eigenvalue weighted by molar-refractivity contribution is 0.0944. The van der Waals surface area contributed by atoms with Gasteiger partial charge in [-0.2, -0.15) is 0 Å². The first kappa shape index (κ1) is 13.4. The van der Waals surface area contributed by atoms with Crippen LogP contribution in [0.3, 0.4) is 0 Å². The lowest BCUT2D eigenvalue weighted by Crippen LogP contribution is -2.30. The van der Waals surface area contributed by atoms with E-state index in [1.807, 2.05) is 30.5 Å². The number of aryl methyl sites for hydroxylation is 1. The molecule has 0 saturated carbocycles. The third-order valence-corrected chi connectivity index (χ3v) is 3.69. The van der Waals surface area contributed by atoms with Crippen molar-refractivity contribution in [2.75, 3.05) is 5.73 Å². The highest BCUT2D eigenvalue weighted by Crippen LogP contribution is 2.27. The number of hydrogen-bond acceptors (Lipinski definition) is 6. The second-order valence-corrected chi connectivity index (χ2v) is 4.98. The molecule has 1 heterocycles. The van der Waals surface area contributed by atoms with Gasteiger partial charge in [0.05, 0.1) is 5.75 Å². The summed E-state index contributed by atoms with van der Waals surface area (Å²) in [7, 11) is 0. The van der Waals surface area contributed by atoms with E-state index in [2.05, 4.69) is 5.16 Å². The van der Waals surface area contributed by atoms with E-state index in [1.165, 1.54) is 0 Å². The third-order valence-electron chi connectivity index (χ3n) is 2.49. The molecule has 0 bridgehead atoms. The molecule has 0 aliphatic heterocycles. The largest absolute Gasteiger partial charge is 0.399 e. The van der Waals surface area contributed by atoms with Crippen molar-refractivity contribution in [1.29, 1.82) is 0 Å². The van der Waals surface area contributed by atoms with Gasteiger partial charge in [0.25, 0.3) is 5.91 Å². The molecule has 5 N–H and O–H groups in total. The van der Waals surface area contributed by atoms with Gasteiger partial charge >= 0.3 is 0 Å². The average molecular weight is 278 g/mol. The number of carbonyl (C=O) groups is 1. The fraction of sp³-hybridized carbons (Fsp3) is 0.167. The van der Waals surface area contributed by atoms with E-state index >= 15 is 0 Å². The zero-order valence-corrected chi connectivity index (χ0v) is 11.2. The number of nitrogen functional groups attached to an aromatic ring is 2. The number of hydrazine groups is 1. The van der Waals surface area contributed by atoms with E-state index in [1.54, 1.807) is 17.8 Å². The quantitative estimate of drug-likeness (QED) is 0.257. The van der Waals surface area contributed by atoms with E-state index in [9.17, 15) is 4.79 Å². The topological polar surface area (TPSA) is 107 Å². The summed E-state index contributed by atoms with van der Waals surface area (Å²) in [4.78, 5) is 12.3. The highest BCUT2D eigenvalue weighted by Gasteiger charge is 2.11. The van der Waals surface area contributed by atoms with Gasteiger partial charge in [0, 0.05) is 16.6 Å². The molecule has 2 rings (SSSR count). The summed E-state index contributed by atoms with van der Waals surface area (Å²) >= 11 is 1.59. The Morgan fingerprint density at radius 3 is 2.95 bits per heavy atom. The number of hydrogen-bond donors (Lipinski definition) is 3. The van der Waals surface area contributed by atoms with E-state index in [0.29, 0.717) is 11.5 Å². The molecule has 6 nitrogen and oxygen atoms in total. The first-order valence-corrected chi connectivity index (χ1v) is 6.54. The smallest absolute Gasteiger partial charge is 0.287 e. The maximum Gasteiger partial charge on any atom is 0.287 e. The van der Waals surface area contributed by atoms with Crippen LogP contribution in [-0.2, 0) is 5.75 Å². The van der Waals surface area contributed by atoms with Crippen LogP contribution in [0.15, 0.2) is 33.7 Å². The fourth-order valence-corrected chi connectivity index (χ4v) is 2.43. The van der Waals surface area contributed by atoms with Crippen molar-refractivity contribution < 1.29 is 9.32 Å². The lowest BCUT2D eigenvalue weighted by Gasteiger charge is -2.04. The molecule has 7 heteroatoms.